The Labute approximate surface area is 659 Å². The van der Waals surface area contributed by atoms with E-state index < -0.39 is 100 Å². The van der Waals surface area contributed by atoms with E-state index in [1.54, 1.807) is 28.1 Å². The molecule has 0 bridgehead atoms. The second-order valence-corrected chi connectivity index (χ2v) is 60.6. The second-order valence-electron chi connectivity index (χ2n) is 33.7. The van der Waals surface area contributed by atoms with Crippen molar-refractivity contribution in [3.8, 4) is 5.75 Å². The van der Waals surface area contributed by atoms with Gasteiger partial charge in [-0.05, 0) is 78.6 Å². The van der Waals surface area contributed by atoms with Crippen molar-refractivity contribution in [2.24, 2.45) is 0 Å². The summed E-state index contributed by atoms with van der Waals surface area (Å²) in [6.45, 7) is 53.7. The van der Waals surface area contributed by atoms with Gasteiger partial charge in [-0.15, -0.1) is 0 Å². The van der Waals surface area contributed by atoms with Crippen LogP contribution < -0.4 is 21.9 Å². The Morgan fingerprint density at radius 1 is 0.418 bits per heavy atom. The zero-order chi connectivity index (χ0) is 80.2. The number of nitrogens with two attached hydrogens (primary N) is 3. The molecule has 1 aromatic carbocycles. The molecule has 608 valence electrons. The van der Waals surface area contributed by atoms with Crippen LogP contribution in [-0.4, -0.2) is 189 Å². The number of nitrogen functional groups attached to an aromatic ring is 3. The Balaban J connectivity index is 0.000000166. The smallest absolute Gasteiger partial charge is 0.358 e. The van der Waals surface area contributed by atoms with Crippen molar-refractivity contribution < 1.29 is 67.7 Å². The number of hydrogen-bond acceptors (Lipinski definition) is 28. The highest BCUT2D eigenvalue weighted by atomic mass is 32.1. The highest BCUT2D eigenvalue weighted by Gasteiger charge is 2.66. The molecule has 0 spiro atoms. The van der Waals surface area contributed by atoms with Crippen LogP contribution in [0.4, 0.5) is 17.5 Å². The van der Waals surface area contributed by atoms with Crippen LogP contribution in [0, 0.1) is 0 Å². The standard InChI is InChI=1S/C29H43N5O6SSi2.C22H39N5O5Si2.C22H39N5O4Si2/c1-17(2)42(18(3)4)35-14-22-24(39-43(40-42,19(5)6)20(7)8)25(38-29(41)36-21-12-10-9-11-13-21)28(37-22)34-16-33-23-26(30)31-15-32-27(23)34;1-12(2)33(13(3)4)29-9-16-19(31-34(32-33,14(5)6)15(7)8)18(28)22(30-16)27-11-26-17-20(23)24-10-25-21(17)27;1-13(2)32(14(3)4)28-10-18-17(30-33(31-32,15(5)6)16(7)8)9-19(29-18)27-12-26-20-21(23)24-11-25-22(20)27/h9-13,15-20,22,24-25,28H,14H2,1-8H3,(H2,30,31,32);10-16,18-19,22,28H,9H2,1-8H3,(H2,23,24,25);11-19H,9-10H2,1-8H3,(H2,23,24,25)/t22-,24-,25?,28-;16-,18?,19?,22-;17?,18-,19-/m000/s1. The van der Waals surface area contributed by atoms with Gasteiger partial charge in [0.15, 0.2) is 53.0 Å². The number of ether oxygens (including phenoxy) is 5. The number of hydrogen-bond donors (Lipinski definition) is 4. The van der Waals surface area contributed by atoms with Gasteiger partial charge < -0.3 is 84.9 Å². The third-order valence-corrected chi connectivity index (χ3v) is 53.9. The summed E-state index contributed by atoms with van der Waals surface area (Å²) < 4.78 is 101. The topological polar surface area (TPSA) is 358 Å². The fourth-order valence-electron chi connectivity index (χ4n) is 17.1. The fraction of sp³-hybridized carbons (Fsp3) is 0.699. The average molecular weight is 1650 g/mol. The third kappa shape index (κ3) is 15.9. The molecule has 4 unspecified atom stereocenters. The van der Waals surface area contributed by atoms with E-state index in [1.165, 1.54) is 19.0 Å². The molecule has 6 aromatic heterocycles. The Morgan fingerprint density at radius 3 is 1.17 bits per heavy atom. The third-order valence-electron chi connectivity index (χ3n) is 23.0. The van der Waals surface area contributed by atoms with Crippen LogP contribution in [-0.2, 0) is 57.8 Å². The van der Waals surface area contributed by atoms with E-state index in [0.29, 0.717) is 75.8 Å². The number of fused-ring (bicyclic) bond motifs is 6. The molecule has 0 radical (unpaired) electrons. The summed E-state index contributed by atoms with van der Waals surface area (Å²) in [6, 6.07) is 9.27. The van der Waals surface area contributed by atoms with Gasteiger partial charge in [-0.2, -0.15) is 0 Å². The molecule has 0 aliphatic carbocycles. The van der Waals surface area contributed by atoms with Crippen molar-refractivity contribution in [3.05, 3.63) is 68.3 Å². The highest BCUT2D eigenvalue weighted by molar-refractivity contribution is 7.79. The summed E-state index contributed by atoms with van der Waals surface area (Å²) in [6.07, 6.45) is 4.04. The van der Waals surface area contributed by atoms with Gasteiger partial charge in [-0.1, -0.05) is 184 Å². The lowest BCUT2D eigenvalue weighted by molar-refractivity contribution is -0.0570. The van der Waals surface area contributed by atoms with Crippen LogP contribution >= 0.6 is 12.2 Å². The van der Waals surface area contributed by atoms with E-state index in [9.17, 15) is 5.11 Å². The predicted molar refractivity (Wildman–Crippen MR) is 438 cm³/mol. The van der Waals surface area contributed by atoms with Crippen LogP contribution in [0.5, 0.6) is 5.75 Å². The number of rotatable bonds is 17. The summed E-state index contributed by atoms with van der Waals surface area (Å²) in [5, 5.41) is 11.4. The summed E-state index contributed by atoms with van der Waals surface area (Å²) in [5.41, 5.74) is 23.9. The average Bonchev–Trinajstić information content (AvgIpc) is 1.53. The largest absolute Gasteiger partial charge is 0.446 e. The van der Waals surface area contributed by atoms with Crippen molar-refractivity contribution in [2.75, 3.05) is 37.0 Å². The molecule has 7 aromatic rings. The summed E-state index contributed by atoms with van der Waals surface area (Å²) in [5.74, 6) is 1.49. The van der Waals surface area contributed by atoms with E-state index in [0.717, 1.165) is 0 Å². The molecule has 6 aliphatic heterocycles. The van der Waals surface area contributed by atoms with Crippen molar-refractivity contribution >= 4 is 120 Å². The lowest BCUT2D eigenvalue weighted by Crippen LogP contribution is -2.66. The Bertz CT molecular complexity index is 4210. The van der Waals surface area contributed by atoms with Crippen LogP contribution in [0.1, 0.15) is 191 Å². The molecule has 12 heterocycles. The van der Waals surface area contributed by atoms with E-state index in [4.69, 9.17) is 92.0 Å². The number of para-hydroxylation sites is 1. The molecular formula is C73H121N15O15SSi6. The predicted octanol–water partition coefficient (Wildman–Crippen LogP) is 14.3. The molecule has 6 aliphatic rings. The first-order valence-electron chi connectivity index (χ1n) is 39.3. The number of thiocarbonyl (C=S) groups is 1. The van der Waals surface area contributed by atoms with Crippen LogP contribution in [0.25, 0.3) is 33.5 Å². The highest BCUT2D eigenvalue weighted by Crippen LogP contribution is 2.53. The first kappa shape index (κ1) is 85.6. The first-order valence-corrected chi connectivity index (χ1v) is 51.5. The maximum absolute atomic E-state index is 11.5. The Morgan fingerprint density at radius 2 is 0.764 bits per heavy atom. The van der Waals surface area contributed by atoms with Gasteiger partial charge in [-0.3, -0.25) is 13.7 Å². The first-order chi connectivity index (χ1) is 51.8. The van der Waals surface area contributed by atoms with Crippen molar-refractivity contribution in [2.45, 2.75) is 307 Å². The van der Waals surface area contributed by atoms with E-state index in [1.807, 2.05) is 34.9 Å². The maximum atomic E-state index is 11.5. The van der Waals surface area contributed by atoms with Gasteiger partial charge in [0.2, 0.25) is 0 Å². The number of imidazole rings is 3. The molecule has 11 atom stereocenters. The Hall–Kier alpha value is -5.26. The zero-order valence-corrected chi connectivity index (χ0v) is 75.4. The molecule has 0 saturated carbocycles. The van der Waals surface area contributed by atoms with Crippen molar-refractivity contribution in [1.82, 2.24) is 58.6 Å². The molecule has 30 nitrogen and oxygen atoms in total. The number of aliphatic hydroxyl groups excluding tert-OH is 1. The molecule has 37 heteroatoms. The molecule has 0 amide bonds. The second kappa shape index (κ2) is 33.9. The van der Waals surface area contributed by atoms with Crippen molar-refractivity contribution in [1.29, 1.82) is 0 Å². The van der Waals surface area contributed by atoms with E-state index in [-0.39, 0.29) is 97.3 Å². The molecular weight excluding hydrogens is 1530 g/mol. The molecule has 6 saturated heterocycles. The minimum absolute atomic E-state index is 0.0500. The van der Waals surface area contributed by atoms with Crippen LogP contribution in [0.15, 0.2) is 68.3 Å². The van der Waals surface area contributed by atoms with Gasteiger partial charge in [0.25, 0.3) is 0 Å². The number of anilines is 3. The van der Waals surface area contributed by atoms with Crippen molar-refractivity contribution in [3.63, 3.8) is 0 Å². The number of nitrogens with zero attached hydrogens (tertiary/aromatic N) is 12. The monoisotopic (exact) mass is 1650 g/mol. The lowest BCUT2D eigenvalue weighted by Gasteiger charge is -2.51. The summed E-state index contributed by atoms with van der Waals surface area (Å²) in [7, 11) is -16.5. The molecule has 7 N–H and O–H groups in total. The molecule has 110 heavy (non-hydrogen) atoms. The number of aromatic nitrogens is 12. The van der Waals surface area contributed by atoms with Gasteiger partial charge >= 0.3 is 56.6 Å². The van der Waals surface area contributed by atoms with Gasteiger partial charge in [0, 0.05) is 18.6 Å². The number of benzene rings is 1. The zero-order valence-electron chi connectivity index (χ0n) is 68.6. The number of aliphatic hydroxyl groups is 1. The van der Waals surface area contributed by atoms with Gasteiger partial charge in [0.1, 0.15) is 84.1 Å². The van der Waals surface area contributed by atoms with E-state index in [2.05, 4.69) is 211 Å². The summed E-state index contributed by atoms with van der Waals surface area (Å²) >= 11 is 5.62. The summed E-state index contributed by atoms with van der Waals surface area (Å²) in [4.78, 5) is 38.6. The minimum Gasteiger partial charge on any atom is -0.446 e. The molecule has 6 fully saturated rings. The van der Waals surface area contributed by atoms with Crippen LogP contribution in [0.2, 0.25) is 66.5 Å². The minimum atomic E-state index is -2.99. The fourth-order valence-corrected chi connectivity index (χ4v) is 50.9. The maximum Gasteiger partial charge on any atom is 0.358 e. The van der Waals surface area contributed by atoms with Gasteiger partial charge in [0.05, 0.1) is 44.9 Å². The van der Waals surface area contributed by atoms with Gasteiger partial charge in [-0.25, -0.2) is 44.9 Å². The molecule has 13 rings (SSSR count). The lowest BCUT2D eigenvalue weighted by atomic mass is 10.1. The Kier molecular flexibility index (Phi) is 26.4. The SMILES string of the molecule is CC(C)[Si]1(C(C)C)OC[C@@H]2O[C@H](n3cnc4c(N)ncnc43)C(O)C2O[Si](C(C)C)(C(C)C)O1.CC(C)[Si]1(C(C)C)OC[C@@H]2O[C@H](n3cnc4c(N)ncnc43)C(OC(=S)Oc3ccccc3)[C@H]2O[Si](C(C)C)(C(C)C)O1.CC(C)[Si]1(C(C)C)OC[C@@H]2O[C@H](n3cnc4c(N)ncnc43)CC2O[Si](C(C)C)(C(C)C)O1. The van der Waals surface area contributed by atoms with Crippen LogP contribution in [0.3, 0.4) is 0 Å². The normalized spacial score (nSPS) is 27.1. The van der Waals surface area contributed by atoms with E-state index >= 15 is 0 Å². The quantitative estimate of drug-likeness (QED) is 0.0486.